The number of carbonyl (C=O) groups is 1. The van der Waals surface area contributed by atoms with E-state index in [0.29, 0.717) is 18.1 Å². The minimum atomic E-state index is -1.26. The number of piperidine rings is 1. The van der Waals surface area contributed by atoms with Gasteiger partial charge in [-0.15, -0.1) is 0 Å². The molecule has 3 heterocycles. The summed E-state index contributed by atoms with van der Waals surface area (Å²) in [6.07, 6.45) is 12.4. The van der Waals surface area contributed by atoms with E-state index in [4.69, 9.17) is 0 Å². The van der Waals surface area contributed by atoms with Gasteiger partial charge in [-0.3, -0.25) is 14.3 Å². The molecule has 1 aliphatic heterocycles. The van der Waals surface area contributed by atoms with Crippen LogP contribution in [-0.2, 0) is 4.79 Å². The lowest BCUT2D eigenvalue weighted by Crippen LogP contribution is -2.52. The normalized spacial score (nSPS) is 18.4. The molecule has 28 heavy (non-hydrogen) atoms. The summed E-state index contributed by atoms with van der Waals surface area (Å²) in [6, 6.07) is 1.21. The fraction of sp³-hybridized carbons (Fsp3) is 0.579. The van der Waals surface area contributed by atoms with Gasteiger partial charge in [0.05, 0.1) is 5.69 Å². The number of hydrogen-bond acceptors (Lipinski definition) is 7. The van der Waals surface area contributed by atoms with Crippen LogP contribution in [0.1, 0.15) is 44.3 Å². The lowest BCUT2D eigenvalue weighted by Gasteiger charge is -2.35. The molecule has 9 heteroatoms. The van der Waals surface area contributed by atoms with Crippen LogP contribution in [0, 0.1) is 0 Å². The maximum Gasteiger partial charge on any atom is 0.245 e. The first-order chi connectivity index (χ1) is 13.5. The van der Waals surface area contributed by atoms with Crippen molar-refractivity contribution in [3.63, 3.8) is 0 Å². The highest BCUT2D eigenvalue weighted by Crippen LogP contribution is 2.25. The van der Waals surface area contributed by atoms with E-state index in [-0.39, 0.29) is 5.91 Å². The fourth-order valence-corrected chi connectivity index (χ4v) is 3.98. The average molecular weight is 405 g/mol. The quantitative estimate of drug-likeness (QED) is 0.647. The molecule has 8 nitrogen and oxygen atoms in total. The standard InChI is InChI=1S/C19H28N6O2S/c1-19(27,7-13-28-2)23-17(26)16(24-10-4-3-5-11-24)15-6-8-21-18(22-15)25-12-9-20-14-25/h6,8-9,12,14,16,27H,3-5,7,10-11,13H2,1-2H3,(H,23,26). The fourth-order valence-electron chi connectivity index (χ4n) is 3.38. The third-order valence-electron chi connectivity index (χ3n) is 4.87. The number of amides is 1. The molecular weight excluding hydrogens is 376 g/mol. The predicted octanol–water partition coefficient (Wildman–Crippen LogP) is 1.77. The Morgan fingerprint density at radius 3 is 2.82 bits per heavy atom. The van der Waals surface area contributed by atoms with Crippen molar-refractivity contribution < 1.29 is 9.90 Å². The maximum absolute atomic E-state index is 13.2. The molecular formula is C19H28N6O2S. The monoisotopic (exact) mass is 404 g/mol. The topological polar surface area (TPSA) is 96.2 Å². The first-order valence-electron chi connectivity index (χ1n) is 9.59. The Bertz CT molecular complexity index is 762. The summed E-state index contributed by atoms with van der Waals surface area (Å²) in [7, 11) is 0. The molecule has 2 atom stereocenters. The van der Waals surface area contributed by atoms with E-state index >= 15 is 0 Å². The zero-order valence-corrected chi connectivity index (χ0v) is 17.2. The van der Waals surface area contributed by atoms with Gasteiger partial charge in [0.15, 0.2) is 0 Å². The summed E-state index contributed by atoms with van der Waals surface area (Å²) in [6.45, 7) is 3.30. The number of rotatable bonds is 8. The van der Waals surface area contributed by atoms with Crippen molar-refractivity contribution >= 4 is 17.7 Å². The zero-order chi connectivity index (χ0) is 20.0. The van der Waals surface area contributed by atoms with Crippen molar-refractivity contribution in [3.8, 4) is 5.95 Å². The number of nitrogens with one attached hydrogen (secondary N) is 1. The van der Waals surface area contributed by atoms with Crippen molar-refractivity contribution in [1.82, 2.24) is 29.7 Å². The summed E-state index contributed by atoms with van der Waals surface area (Å²) in [4.78, 5) is 28.3. The van der Waals surface area contributed by atoms with E-state index in [1.54, 1.807) is 54.2 Å². The predicted molar refractivity (Wildman–Crippen MR) is 109 cm³/mol. The Morgan fingerprint density at radius 1 is 1.36 bits per heavy atom. The number of aromatic nitrogens is 4. The molecule has 1 saturated heterocycles. The first-order valence-corrected chi connectivity index (χ1v) is 11.0. The molecule has 3 rings (SSSR count). The molecule has 152 valence electrons. The number of hydrogen-bond donors (Lipinski definition) is 2. The van der Waals surface area contributed by atoms with Gasteiger partial charge in [-0.1, -0.05) is 6.42 Å². The second kappa shape index (κ2) is 9.49. The molecule has 0 aliphatic carbocycles. The number of likely N-dealkylation sites (tertiary alicyclic amines) is 1. The van der Waals surface area contributed by atoms with Gasteiger partial charge in [0.2, 0.25) is 11.9 Å². The van der Waals surface area contributed by atoms with Crippen molar-refractivity contribution in [1.29, 1.82) is 0 Å². The van der Waals surface area contributed by atoms with E-state index in [1.165, 1.54) is 6.42 Å². The van der Waals surface area contributed by atoms with E-state index < -0.39 is 11.8 Å². The van der Waals surface area contributed by atoms with Gasteiger partial charge in [0.1, 0.15) is 18.1 Å². The molecule has 2 aromatic heterocycles. The largest absolute Gasteiger partial charge is 0.371 e. The highest BCUT2D eigenvalue weighted by atomic mass is 32.2. The number of aliphatic hydroxyl groups is 1. The van der Waals surface area contributed by atoms with Crippen molar-refractivity contribution in [2.75, 3.05) is 25.1 Å². The Balaban J connectivity index is 1.87. The minimum Gasteiger partial charge on any atom is -0.371 e. The van der Waals surface area contributed by atoms with Crippen LogP contribution in [0.2, 0.25) is 0 Å². The van der Waals surface area contributed by atoms with E-state index in [0.717, 1.165) is 31.7 Å². The molecule has 1 aliphatic rings. The minimum absolute atomic E-state index is 0.233. The second-order valence-electron chi connectivity index (χ2n) is 7.26. The van der Waals surface area contributed by atoms with Gasteiger partial charge in [0.25, 0.3) is 0 Å². The van der Waals surface area contributed by atoms with Crippen LogP contribution in [-0.4, -0.2) is 66.3 Å². The summed E-state index contributed by atoms with van der Waals surface area (Å²) in [5, 5.41) is 13.4. The molecule has 2 unspecified atom stereocenters. The Morgan fingerprint density at radius 2 is 2.14 bits per heavy atom. The van der Waals surface area contributed by atoms with Crippen molar-refractivity contribution in [2.45, 2.75) is 44.4 Å². The summed E-state index contributed by atoms with van der Waals surface area (Å²) < 4.78 is 1.71. The molecule has 0 bridgehead atoms. The van der Waals surface area contributed by atoms with Gasteiger partial charge >= 0.3 is 0 Å². The Labute approximate surface area is 169 Å². The van der Waals surface area contributed by atoms with Crippen molar-refractivity contribution in [3.05, 3.63) is 36.7 Å². The van der Waals surface area contributed by atoms with Crippen LogP contribution in [0.4, 0.5) is 0 Å². The lowest BCUT2D eigenvalue weighted by molar-refractivity contribution is -0.134. The Kier molecular flexibility index (Phi) is 7.03. The maximum atomic E-state index is 13.2. The van der Waals surface area contributed by atoms with Gasteiger partial charge in [-0.05, 0) is 50.9 Å². The number of nitrogens with zero attached hydrogens (tertiary/aromatic N) is 5. The van der Waals surface area contributed by atoms with Crippen LogP contribution in [0.15, 0.2) is 31.0 Å². The first kappa shape index (κ1) is 20.8. The number of carbonyl (C=O) groups excluding carboxylic acids is 1. The van der Waals surface area contributed by atoms with Gasteiger partial charge in [-0.25, -0.2) is 15.0 Å². The van der Waals surface area contributed by atoms with Crippen LogP contribution in [0.5, 0.6) is 0 Å². The van der Waals surface area contributed by atoms with Crippen LogP contribution in [0.25, 0.3) is 5.95 Å². The molecule has 2 N–H and O–H groups in total. The van der Waals surface area contributed by atoms with E-state index in [1.807, 2.05) is 6.26 Å². The SMILES string of the molecule is CSCCC(C)(O)NC(=O)C(c1ccnc(-n2ccnc2)n1)N1CCCCC1. The molecule has 2 aromatic rings. The molecule has 0 spiro atoms. The molecule has 0 radical (unpaired) electrons. The molecule has 1 fully saturated rings. The zero-order valence-electron chi connectivity index (χ0n) is 16.4. The highest BCUT2D eigenvalue weighted by molar-refractivity contribution is 7.98. The third kappa shape index (κ3) is 5.30. The molecule has 0 aromatic carbocycles. The van der Waals surface area contributed by atoms with Crippen LogP contribution >= 0.6 is 11.8 Å². The van der Waals surface area contributed by atoms with Gasteiger partial charge in [-0.2, -0.15) is 11.8 Å². The smallest absolute Gasteiger partial charge is 0.245 e. The van der Waals surface area contributed by atoms with Crippen LogP contribution in [0.3, 0.4) is 0 Å². The molecule has 1 amide bonds. The average Bonchev–Trinajstić information content (AvgIpc) is 3.22. The summed E-state index contributed by atoms with van der Waals surface area (Å²) >= 11 is 1.64. The third-order valence-corrected chi connectivity index (χ3v) is 5.48. The van der Waals surface area contributed by atoms with E-state index in [9.17, 15) is 9.90 Å². The Hall–Kier alpha value is -1.97. The van der Waals surface area contributed by atoms with Gasteiger partial charge < -0.3 is 10.4 Å². The highest BCUT2D eigenvalue weighted by Gasteiger charge is 2.34. The van der Waals surface area contributed by atoms with Crippen molar-refractivity contribution in [2.24, 2.45) is 0 Å². The van der Waals surface area contributed by atoms with E-state index in [2.05, 4.69) is 25.2 Å². The number of thioether (sulfide) groups is 1. The lowest BCUT2D eigenvalue weighted by atomic mass is 10.0. The van der Waals surface area contributed by atoms with Crippen LogP contribution < -0.4 is 5.32 Å². The second-order valence-corrected chi connectivity index (χ2v) is 8.24. The van der Waals surface area contributed by atoms with Gasteiger partial charge in [0, 0.05) is 25.0 Å². The molecule has 0 saturated carbocycles. The summed E-state index contributed by atoms with van der Waals surface area (Å²) in [5.74, 6) is 1.00. The number of imidazole rings is 1. The summed E-state index contributed by atoms with van der Waals surface area (Å²) in [5.41, 5.74) is -0.632.